The Morgan fingerprint density at radius 2 is 1.17 bits per heavy atom. The second kappa shape index (κ2) is 17.1. The predicted octanol–water partition coefficient (Wildman–Crippen LogP) is 8.87. The van der Waals surface area contributed by atoms with Crippen molar-refractivity contribution < 1.29 is 20.1 Å². The molecular weight excluding hydrogens is 753 g/mol. The van der Waals surface area contributed by atoms with Crippen LogP contribution in [-0.2, 0) is 52.8 Å². The van der Waals surface area contributed by atoms with Crippen molar-refractivity contribution in [2.45, 2.75) is 25.7 Å². The summed E-state index contributed by atoms with van der Waals surface area (Å²) >= 11 is 0. The molecule has 4 nitrogen and oxygen atoms in total. The molecule has 0 aliphatic heterocycles. The molecule has 232 valence electrons. The Balaban J connectivity index is 0.000000280. The molecule has 0 aliphatic rings. The standard InChI is InChI=1S/C32H26N2.C10H9N2.Ir/c1-2-11-29(12-3-1)32-20-19-28(24-34-32)18-17-26-9-6-8-25(22-26)15-16-27-10-7-13-30(23-27)31-14-4-5-21-33-31;1-12-8-7-11-10(12)9-5-3-2-4-6-9;/h1-11,14,19-24H,15-18H2;2-5,7-8H,1H3;/q-2;-1;+3. The summed E-state index contributed by atoms with van der Waals surface area (Å²) in [6.45, 7) is 0. The number of rotatable bonds is 9. The third kappa shape index (κ3) is 9.52. The Hall–Kier alpha value is -4.96. The van der Waals surface area contributed by atoms with E-state index in [0.29, 0.717) is 0 Å². The zero-order chi connectivity index (χ0) is 31.4. The molecule has 0 radical (unpaired) electrons. The van der Waals surface area contributed by atoms with E-state index in [9.17, 15) is 0 Å². The zero-order valence-electron chi connectivity index (χ0n) is 26.3. The summed E-state index contributed by atoms with van der Waals surface area (Å²) in [7, 11) is 1.98. The maximum Gasteiger partial charge on any atom is 3.00 e. The molecule has 0 saturated carbocycles. The van der Waals surface area contributed by atoms with Gasteiger partial charge in [0.05, 0.1) is 5.82 Å². The first kappa shape index (κ1) is 33.4. The molecule has 0 bridgehead atoms. The van der Waals surface area contributed by atoms with Crippen LogP contribution in [-0.4, -0.2) is 19.5 Å². The Morgan fingerprint density at radius 1 is 0.511 bits per heavy atom. The number of aryl methyl sites for hydroxylation is 5. The molecule has 3 heterocycles. The Labute approximate surface area is 291 Å². The summed E-state index contributed by atoms with van der Waals surface area (Å²) in [6, 6.07) is 51.1. The number of hydrogen-bond acceptors (Lipinski definition) is 3. The fraction of sp³-hybridized carbons (Fsp3) is 0.119. The number of pyridine rings is 2. The first-order chi connectivity index (χ1) is 22.7. The van der Waals surface area contributed by atoms with Crippen LogP contribution < -0.4 is 0 Å². The van der Waals surface area contributed by atoms with Crippen LogP contribution in [0.15, 0.2) is 146 Å². The van der Waals surface area contributed by atoms with Gasteiger partial charge in [0.2, 0.25) is 0 Å². The fourth-order valence-corrected chi connectivity index (χ4v) is 5.30. The van der Waals surface area contributed by atoms with Crippen LogP contribution in [0.25, 0.3) is 33.9 Å². The first-order valence-corrected chi connectivity index (χ1v) is 15.6. The van der Waals surface area contributed by atoms with Crippen molar-refractivity contribution in [2.24, 2.45) is 7.05 Å². The molecule has 5 heteroatoms. The van der Waals surface area contributed by atoms with Crippen molar-refractivity contribution >= 4 is 0 Å². The van der Waals surface area contributed by atoms with E-state index in [1.807, 2.05) is 103 Å². The maximum absolute atomic E-state index is 4.63. The molecule has 0 saturated heterocycles. The van der Waals surface area contributed by atoms with E-state index in [4.69, 9.17) is 0 Å². The molecule has 0 unspecified atom stereocenters. The molecule has 0 N–H and O–H groups in total. The second-order valence-electron chi connectivity index (χ2n) is 11.1. The van der Waals surface area contributed by atoms with E-state index in [1.54, 1.807) is 6.20 Å². The van der Waals surface area contributed by atoms with Gasteiger partial charge in [-0.15, -0.1) is 107 Å². The average molecular weight is 788 g/mol. The van der Waals surface area contributed by atoms with E-state index >= 15 is 0 Å². The van der Waals surface area contributed by atoms with Crippen molar-refractivity contribution in [1.29, 1.82) is 0 Å². The largest absolute Gasteiger partial charge is 3.00 e. The van der Waals surface area contributed by atoms with Gasteiger partial charge in [-0.1, -0.05) is 48.5 Å². The number of nitrogens with zero attached hydrogens (tertiary/aromatic N) is 4. The minimum absolute atomic E-state index is 0. The first-order valence-electron chi connectivity index (χ1n) is 15.6. The SMILES string of the molecule is Cn1ccnc1-c1[c-]cccc1.[Ir+3].[c-]1ccccc1-c1ccc(CCc2cccc(CCc3cc[c-]c(-c4ccccn4)c3)c2)cn1. The molecule has 4 aromatic carbocycles. The van der Waals surface area contributed by atoms with E-state index < -0.39 is 0 Å². The average Bonchev–Trinajstić information content (AvgIpc) is 3.57. The topological polar surface area (TPSA) is 43.6 Å². The van der Waals surface area contributed by atoms with Crippen molar-refractivity contribution in [3.8, 4) is 33.9 Å². The summed E-state index contributed by atoms with van der Waals surface area (Å²) in [5.41, 5.74) is 10.4. The second-order valence-corrected chi connectivity index (χ2v) is 11.1. The molecule has 7 aromatic rings. The van der Waals surface area contributed by atoms with Crippen LogP contribution in [0.4, 0.5) is 0 Å². The van der Waals surface area contributed by atoms with Gasteiger partial charge >= 0.3 is 20.1 Å². The summed E-state index contributed by atoms with van der Waals surface area (Å²) in [6.07, 6.45) is 11.5. The van der Waals surface area contributed by atoms with Gasteiger partial charge in [0.15, 0.2) is 0 Å². The van der Waals surface area contributed by atoms with Gasteiger partial charge in [-0.05, 0) is 59.8 Å². The van der Waals surface area contributed by atoms with Gasteiger partial charge in [0.1, 0.15) is 0 Å². The minimum atomic E-state index is 0. The molecule has 0 spiro atoms. The van der Waals surface area contributed by atoms with Gasteiger partial charge < -0.3 is 14.5 Å². The Kier molecular flexibility index (Phi) is 12.1. The minimum Gasteiger partial charge on any atom is -0.373 e. The summed E-state index contributed by atoms with van der Waals surface area (Å²) in [5.74, 6) is 0.954. The normalized spacial score (nSPS) is 10.4. The molecule has 0 aliphatic carbocycles. The van der Waals surface area contributed by atoms with Crippen LogP contribution in [0.2, 0.25) is 0 Å². The van der Waals surface area contributed by atoms with Crippen LogP contribution in [0.1, 0.15) is 22.3 Å². The third-order valence-corrected chi connectivity index (χ3v) is 7.78. The van der Waals surface area contributed by atoms with E-state index in [0.717, 1.165) is 59.6 Å². The molecule has 47 heavy (non-hydrogen) atoms. The van der Waals surface area contributed by atoms with Crippen molar-refractivity contribution in [3.05, 3.63) is 187 Å². The number of aromatic nitrogens is 4. The summed E-state index contributed by atoms with van der Waals surface area (Å²) in [5, 5.41) is 0. The Bertz CT molecular complexity index is 1940. The quantitative estimate of drug-likeness (QED) is 0.138. The molecular formula is C42H35IrN4. The van der Waals surface area contributed by atoms with Gasteiger partial charge in [-0.2, -0.15) is 0 Å². The van der Waals surface area contributed by atoms with Gasteiger partial charge in [-0.25, -0.2) is 0 Å². The van der Waals surface area contributed by atoms with Crippen LogP contribution in [0.5, 0.6) is 0 Å². The molecule has 0 fully saturated rings. The summed E-state index contributed by atoms with van der Waals surface area (Å²) in [4.78, 5) is 13.3. The number of imidazole rings is 1. The predicted molar refractivity (Wildman–Crippen MR) is 186 cm³/mol. The zero-order valence-corrected chi connectivity index (χ0v) is 28.7. The number of benzene rings is 4. The molecule has 3 aromatic heterocycles. The van der Waals surface area contributed by atoms with Crippen LogP contribution in [0.3, 0.4) is 0 Å². The van der Waals surface area contributed by atoms with Crippen LogP contribution in [0, 0.1) is 18.2 Å². The van der Waals surface area contributed by atoms with Crippen molar-refractivity contribution in [1.82, 2.24) is 19.5 Å². The van der Waals surface area contributed by atoms with Gasteiger partial charge in [0.25, 0.3) is 0 Å². The van der Waals surface area contributed by atoms with Crippen LogP contribution >= 0.6 is 0 Å². The number of hydrogen-bond donors (Lipinski definition) is 0. The van der Waals surface area contributed by atoms with E-state index in [1.165, 1.54) is 22.3 Å². The van der Waals surface area contributed by atoms with E-state index in [-0.39, 0.29) is 20.1 Å². The Morgan fingerprint density at radius 3 is 1.79 bits per heavy atom. The maximum atomic E-state index is 4.63. The smallest absolute Gasteiger partial charge is 0.373 e. The summed E-state index contributed by atoms with van der Waals surface area (Å²) < 4.78 is 1.98. The van der Waals surface area contributed by atoms with Gasteiger partial charge in [-0.3, -0.25) is 4.98 Å². The fourth-order valence-electron chi connectivity index (χ4n) is 5.30. The molecule has 0 amide bonds. The monoisotopic (exact) mass is 788 g/mol. The van der Waals surface area contributed by atoms with Crippen molar-refractivity contribution in [3.63, 3.8) is 0 Å². The third-order valence-electron chi connectivity index (χ3n) is 7.78. The van der Waals surface area contributed by atoms with E-state index in [2.05, 4.69) is 81.7 Å². The molecule has 0 atom stereocenters. The van der Waals surface area contributed by atoms with Crippen molar-refractivity contribution in [2.75, 3.05) is 0 Å². The molecule has 7 rings (SSSR count). The van der Waals surface area contributed by atoms with Gasteiger partial charge in [0, 0.05) is 31.8 Å².